The Balaban J connectivity index is 2.22. The van der Waals surface area contributed by atoms with Crippen molar-refractivity contribution in [3.8, 4) is 0 Å². The van der Waals surface area contributed by atoms with Gasteiger partial charge in [0.15, 0.2) is 0 Å². The van der Waals surface area contributed by atoms with Crippen LogP contribution in [0, 0.1) is 6.92 Å². The number of hydrogen-bond acceptors (Lipinski definition) is 5. The average Bonchev–Trinajstić information content (AvgIpc) is 2.81. The molecule has 0 aliphatic carbocycles. The van der Waals surface area contributed by atoms with Crippen LogP contribution in [0.2, 0.25) is 0 Å². The highest BCUT2D eigenvalue weighted by molar-refractivity contribution is 7.98. The van der Waals surface area contributed by atoms with E-state index in [9.17, 15) is 0 Å². The molecule has 0 fully saturated rings. The number of rotatable bonds is 5. The lowest BCUT2D eigenvalue weighted by molar-refractivity contribution is 1.16. The minimum Gasteiger partial charge on any atom is -0.389 e. The van der Waals surface area contributed by atoms with Crippen molar-refractivity contribution in [2.75, 3.05) is 11.6 Å². The summed E-state index contributed by atoms with van der Waals surface area (Å²) in [5.41, 5.74) is 7.73. The number of thiocarbonyl (C=S) groups is 1. The van der Waals surface area contributed by atoms with Crippen molar-refractivity contribution in [1.82, 2.24) is 4.98 Å². The molecule has 0 amide bonds. The van der Waals surface area contributed by atoms with E-state index in [1.54, 1.807) is 23.1 Å². The number of nitrogens with zero attached hydrogens (tertiary/aromatic N) is 1. The van der Waals surface area contributed by atoms with E-state index in [0.29, 0.717) is 4.99 Å². The van der Waals surface area contributed by atoms with Gasteiger partial charge in [-0.15, -0.1) is 23.1 Å². The molecule has 0 bridgehead atoms. The maximum absolute atomic E-state index is 5.83. The van der Waals surface area contributed by atoms with Crippen LogP contribution >= 0.6 is 35.3 Å². The molecule has 1 aromatic carbocycles. The van der Waals surface area contributed by atoms with Crippen LogP contribution < -0.4 is 11.1 Å². The standard InChI is InChI=1S/C13H15N3S3/c1-8-15-6-9(19-8)7-16-10-4-3-5-11(18-2)12(10)13(14)17/h3-6,16H,7H2,1-2H3,(H2,14,17). The average molecular weight is 309 g/mol. The van der Waals surface area contributed by atoms with E-state index in [0.717, 1.165) is 27.7 Å². The summed E-state index contributed by atoms with van der Waals surface area (Å²) in [6.07, 6.45) is 3.92. The number of thioether (sulfide) groups is 1. The van der Waals surface area contributed by atoms with Crippen molar-refractivity contribution < 1.29 is 0 Å². The van der Waals surface area contributed by atoms with Crippen LogP contribution in [0.15, 0.2) is 29.3 Å². The summed E-state index contributed by atoms with van der Waals surface area (Å²) in [4.78, 5) is 6.96. The zero-order chi connectivity index (χ0) is 13.8. The Morgan fingerprint density at radius 1 is 1.53 bits per heavy atom. The zero-order valence-corrected chi connectivity index (χ0v) is 13.2. The van der Waals surface area contributed by atoms with E-state index in [1.807, 2.05) is 37.6 Å². The zero-order valence-electron chi connectivity index (χ0n) is 10.8. The molecule has 0 saturated carbocycles. The first kappa shape index (κ1) is 14.3. The molecule has 100 valence electrons. The summed E-state index contributed by atoms with van der Waals surface area (Å²) in [7, 11) is 0. The molecule has 0 atom stereocenters. The van der Waals surface area contributed by atoms with E-state index >= 15 is 0 Å². The Morgan fingerprint density at radius 3 is 2.89 bits per heavy atom. The third-order valence-corrected chi connectivity index (χ3v) is 4.51. The van der Waals surface area contributed by atoms with Crippen molar-refractivity contribution in [2.45, 2.75) is 18.4 Å². The number of hydrogen-bond donors (Lipinski definition) is 2. The smallest absolute Gasteiger partial charge is 0.107 e. The van der Waals surface area contributed by atoms with Gasteiger partial charge < -0.3 is 11.1 Å². The van der Waals surface area contributed by atoms with Gasteiger partial charge in [0.2, 0.25) is 0 Å². The molecule has 2 aromatic rings. The molecule has 2 rings (SSSR count). The second kappa shape index (κ2) is 6.36. The topological polar surface area (TPSA) is 50.9 Å². The lowest BCUT2D eigenvalue weighted by Gasteiger charge is -2.13. The molecule has 1 aromatic heterocycles. The van der Waals surface area contributed by atoms with Crippen LogP contribution in [0.4, 0.5) is 5.69 Å². The minimum absolute atomic E-state index is 0.424. The molecular weight excluding hydrogens is 294 g/mol. The van der Waals surface area contributed by atoms with Crippen molar-refractivity contribution in [3.05, 3.63) is 39.8 Å². The Hall–Kier alpha value is -1.11. The van der Waals surface area contributed by atoms with E-state index < -0.39 is 0 Å². The van der Waals surface area contributed by atoms with Gasteiger partial charge in [-0.25, -0.2) is 4.98 Å². The van der Waals surface area contributed by atoms with Gasteiger partial charge in [-0.1, -0.05) is 18.3 Å². The Labute approximate surface area is 126 Å². The fourth-order valence-electron chi connectivity index (χ4n) is 1.77. The Kier molecular flexibility index (Phi) is 4.79. The molecule has 6 heteroatoms. The molecular formula is C13H15N3S3. The van der Waals surface area contributed by atoms with Gasteiger partial charge in [-0.05, 0) is 25.3 Å². The minimum atomic E-state index is 0.424. The predicted octanol–water partition coefficient (Wildman–Crippen LogP) is 3.42. The summed E-state index contributed by atoms with van der Waals surface area (Å²) in [5, 5.41) is 4.46. The first-order valence-electron chi connectivity index (χ1n) is 5.74. The van der Waals surface area contributed by atoms with Crippen molar-refractivity contribution in [2.24, 2.45) is 5.73 Å². The van der Waals surface area contributed by atoms with Crippen LogP contribution in [0.3, 0.4) is 0 Å². The molecule has 0 aliphatic heterocycles. The van der Waals surface area contributed by atoms with Crippen LogP contribution in [-0.4, -0.2) is 16.2 Å². The molecule has 1 heterocycles. The van der Waals surface area contributed by atoms with Gasteiger partial charge in [0.05, 0.1) is 11.6 Å². The summed E-state index contributed by atoms with van der Waals surface area (Å²) >= 11 is 8.49. The first-order chi connectivity index (χ1) is 9.11. The van der Waals surface area contributed by atoms with Gasteiger partial charge >= 0.3 is 0 Å². The number of benzene rings is 1. The van der Waals surface area contributed by atoms with Crippen LogP contribution in [0.25, 0.3) is 0 Å². The summed E-state index contributed by atoms with van der Waals surface area (Å²) in [6.45, 7) is 2.74. The monoisotopic (exact) mass is 309 g/mol. The van der Waals surface area contributed by atoms with Crippen LogP contribution in [0.1, 0.15) is 15.4 Å². The third kappa shape index (κ3) is 3.46. The first-order valence-corrected chi connectivity index (χ1v) is 8.18. The maximum Gasteiger partial charge on any atom is 0.107 e. The molecule has 0 aliphatic rings. The lowest BCUT2D eigenvalue weighted by Crippen LogP contribution is -2.14. The van der Waals surface area contributed by atoms with E-state index in [1.165, 1.54) is 4.88 Å². The third-order valence-electron chi connectivity index (χ3n) is 2.61. The number of aryl methyl sites for hydroxylation is 1. The summed E-state index contributed by atoms with van der Waals surface area (Å²) in [5.74, 6) is 0. The second-order valence-electron chi connectivity index (χ2n) is 3.95. The summed E-state index contributed by atoms with van der Waals surface area (Å²) in [6, 6.07) is 6.04. The highest BCUT2D eigenvalue weighted by Crippen LogP contribution is 2.27. The van der Waals surface area contributed by atoms with Gasteiger partial charge in [0.1, 0.15) is 4.99 Å². The Morgan fingerprint density at radius 2 is 2.32 bits per heavy atom. The quantitative estimate of drug-likeness (QED) is 0.655. The van der Waals surface area contributed by atoms with Gasteiger partial charge in [0, 0.05) is 27.2 Å². The van der Waals surface area contributed by atoms with Gasteiger partial charge in [-0.2, -0.15) is 0 Å². The fraction of sp³-hybridized carbons (Fsp3) is 0.231. The molecule has 3 N–H and O–H groups in total. The van der Waals surface area contributed by atoms with Gasteiger partial charge in [-0.3, -0.25) is 0 Å². The maximum atomic E-state index is 5.83. The van der Waals surface area contributed by atoms with Crippen LogP contribution in [0.5, 0.6) is 0 Å². The highest BCUT2D eigenvalue weighted by atomic mass is 32.2. The van der Waals surface area contributed by atoms with E-state index in [2.05, 4.69) is 10.3 Å². The van der Waals surface area contributed by atoms with Crippen molar-refractivity contribution >= 4 is 46.0 Å². The molecule has 0 radical (unpaired) electrons. The Bertz CT molecular complexity index is 593. The number of anilines is 1. The summed E-state index contributed by atoms with van der Waals surface area (Å²) < 4.78 is 0. The van der Waals surface area contributed by atoms with Crippen molar-refractivity contribution in [1.29, 1.82) is 0 Å². The largest absolute Gasteiger partial charge is 0.389 e. The highest BCUT2D eigenvalue weighted by Gasteiger charge is 2.10. The molecule has 3 nitrogen and oxygen atoms in total. The van der Waals surface area contributed by atoms with Crippen LogP contribution in [-0.2, 0) is 6.54 Å². The van der Waals surface area contributed by atoms with Crippen molar-refractivity contribution in [3.63, 3.8) is 0 Å². The van der Waals surface area contributed by atoms with Gasteiger partial charge in [0.25, 0.3) is 0 Å². The number of nitrogens with one attached hydrogen (secondary N) is 1. The molecule has 19 heavy (non-hydrogen) atoms. The second-order valence-corrected chi connectivity index (χ2v) is 6.55. The lowest BCUT2D eigenvalue weighted by atomic mass is 10.1. The predicted molar refractivity (Wildman–Crippen MR) is 88.3 cm³/mol. The molecule has 0 spiro atoms. The van der Waals surface area contributed by atoms with E-state index in [4.69, 9.17) is 18.0 Å². The SMILES string of the molecule is CSc1cccc(NCc2cnc(C)s2)c1C(N)=S. The molecule has 0 unspecified atom stereocenters. The van der Waals surface area contributed by atoms with E-state index in [-0.39, 0.29) is 0 Å². The normalized spacial score (nSPS) is 10.4. The fourth-order valence-corrected chi connectivity index (χ4v) is 3.43. The number of aromatic nitrogens is 1. The number of nitrogens with two attached hydrogens (primary N) is 1. The molecule has 0 saturated heterocycles. The number of thiazole rings is 1.